The minimum atomic E-state index is 0.584. The molecule has 0 atom stereocenters. The molecule has 1 aromatic carbocycles. The largest absolute Gasteiger partial charge is 0.346 e. The van der Waals surface area contributed by atoms with Gasteiger partial charge >= 0.3 is 0 Å². The Kier molecular flexibility index (Phi) is 2.86. The Morgan fingerprint density at radius 3 is 2.78 bits per heavy atom. The summed E-state index contributed by atoms with van der Waals surface area (Å²) in [6.45, 7) is 2.38. The molecule has 0 amide bonds. The molecule has 0 bridgehead atoms. The van der Waals surface area contributed by atoms with Gasteiger partial charge in [0, 0.05) is 42.6 Å². The highest BCUT2D eigenvalue weighted by Crippen LogP contribution is 2.19. The lowest BCUT2D eigenvalue weighted by molar-refractivity contribution is 0.543. The van der Waals surface area contributed by atoms with Crippen molar-refractivity contribution in [3.05, 3.63) is 54.5 Å². The van der Waals surface area contributed by atoms with E-state index in [2.05, 4.69) is 40.1 Å². The van der Waals surface area contributed by atoms with E-state index in [1.165, 1.54) is 16.5 Å². The summed E-state index contributed by atoms with van der Waals surface area (Å²) in [7, 11) is 0. The number of nitrogens with two attached hydrogens (primary N) is 1. The van der Waals surface area contributed by atoms with Crippen LogP contribution in [0.1, 0.15) is 5.56 Å². The zero-order valence-electron chi connectivity index (χ0n) is 10.2. The summed E-state index contributed by atoms with van der Waals surface area (Å²) >= 11 is 0. The molecule has 0 saturated heterocycles. The van der Waals surface area contributed by atoms with Gasteiger partial charge in [-0.05, 0) is 23.8 Å². The molecule has 18 heavy (non-hydrogen) atoms. The highest BCUT2D eigenvalue weighted by atomic mass is 15.3. The zero-order valence-corrected chi connectivity index (χ0v) is 10.2. The van der Waals surface area contributed by atoms with Gasteiger partial charge in [-0.15, -0.1) is 0 Å². The quantitative estimate of drug-likeness (QED) is 0.758. The summed E-state index contributed by atoms with van der Waals surface area (Å²) in [5.41, 5.74) is 8.19. The van der Waals surface area contributed by atoms with Crippen LogP contribution < -0.4 is 5.73 Å². The highest BCUT2D eigenvalue weighted by molar-refractivity contribution is 5.83. The molecule has 0 saturated carbocycles. The minimum Gasteiger partial charge on any atom is -0.346 e. The molecule has 0 aliphatic carbocycles. The predicted molar refractivity (Wildman–Crippen MR) is 72.1 cm³/mol. The number of rotatable bonds is 4. The Bertz CT molecular complexity index is 637. The molecular weight excluding hydrogens is 224 g/mol. The Labute approximate surface area is 106 Å². The monoisotopic (exact) mass is 240 g/mol. The van der Waals surface area contributed by atoms with Crippen LogP contribution in [0.3, 0.4) is 0 Å². The fraction of sp³-hybridized carbons (Fsp3) is 0.214. The van der Waals surface area contributed by atoms with Crippen molar-refractivity contribution in [1.82, 2.24) is 14.3 Å². The molecule has 0 fully saturated rings. The molecule has 2 N–H and O–H groups in total. The van der Waals surface area contributed by atoms with Gasteiger partial charge in [0.15, 0.2) is 0 Å². The van der Waals surface area contributed by atoms with Gasteiger partial charge in [-0.1, -0.05) is 12.1 Å². The first-order chi connectivity index (χ1) is 8.88. The maximum Gasteiger partial charge on any atom is 0.0588 e. The molecule has 2 heterocycles. The van der Waals surface area contributed by atoms with Gasteiger partial charge in [-0.3, -0.25) is 4.68 Å². The van der Waals surface area contributed by atoms with Crippen molar-refractivity contribution < 1.29 is 0 Å². The molecule has 2 aromatic heterocycles. The Morgan fingerprint density at radius 1 is 1.06 bits per heavy atom. The summed E-state index contributed by atoms with van der Waals surface area (Å²) in [4.78, 5) is 0. The lowest BCUT2D eigenvalue weighted by Gasteiger charge is -2.06. The Balaban J connectivity index is 1.88. The smallest absolute Gasteiger partial charge is 0.0588 e. The van der Waals surface area contributed by atoms with Gasteiger partial charge in [-0.25, -0.2) is 0 Å². The van der Waals surface area contributed by atoms with Crippen LogP contribution in [-0.4, -0.2) is 14.3 Å². The van der Waals surface area contributed by atoms with E-state index in [4.69, 9.17) is 5.73 Å². The van der Waals surface area contributed by atoms with Crippen molar-refractivity contribution in [3.8, 4) is 0 Å². The number of fused-ring (bicyclic) bond motifs is 1. The first kappa shape index (κ1) is 11.0. The molecule has 0 spiro atoms. The van der Waals surface area contributed by atoms with Crippen molar-refractivity contribution >= 4 is 10.9 Å². The van der Waals surface area contributed by atoms with Crippen LogP contribution in [0.15, 0.2) is 48.9 Å². The van der Waals surface area contributed by atoms with Crippen LogP contribution >= 0.6 is 0 Å². The average Bonchev–Trinajstić information content (AvgIpc) is 3.05. The topological polar surface area (TPSA) is 48.8 Å². The van der Waals surface area contributed by atoms with E-state index < -0.39 is 0 Å². The van der Waals surface area contributed by atoms with E-state index in [1.807, 2.05) is 16.9 Å². The van der Waals surface area contributed by atoms with Crippen molar-refractivity contribution in [1.29, 1.82) is 0 Å². The summed E-state index contributed by atoms with van der Waals surface area (Å²) in [6.07, 6.45) is 5.91. The molecule has 3 rings (SSSR count). The van der Waals surface area contributed by atoms with Gasteiger partial charge < -0.3 is 10.3 Å². The van der Waals surface area contributed by atoms with Crippen molar-refractivity contribution in [2.75, 3.05) is 0 Å². The Hall–Kier alpha value is -2.07. The molecule has 0 aliphatic heterocycles. The second-order valence-corrected chi connectivity index (χ2v) is 4.33. The van der Waals surface area contributed by atoms with Crippen LogP contribution in [0, 0.1) is 0 Å². The van der Waals surface area contributed by atoms with Crippen LogP contribution in [-0.2, 0) is 19.6 Å². The second kappa shape index (κ2) is 4.66. The number of hydrogen-bond donors (Lipinski definition) is 1. The minimum absolute atomic E-state index is 0.584. The van der Waals surface area contributed by atoms with E-state index in [0.717, 1.165) is 13.1 Å². The summed E-state index contributed by atoms with van der Waals surface area (Å²) in [5, 5.41) is 5.46. The van der Waals surface area contributed by atoms with Gasteiger partial charge in [0.25, 0.3) is 0 Å². The molecule has 4 nitrogen and oxygen atoms in total. The maximum absolute atomic E-state index is 5.75. The highest BCUT2D eigenvalue weighted by Gasteiger charge is 2.04. The molecule has 92 valence electrons. The van der Waals surface area contributed by atoms with Crippen LogP contribution in [0.4, 0.5) is 0 Å². The zero-order chi connectivity index (χ0) is 12.4. The first-order valence-electron chi connectivity index (χ1n) is 6.13. The first-order valence-corrected chi connectivity index (χ1v) is 6.13. The lowest BCUT2D eigenvalue weighted by atomic mass is 10.1. The van der Waals surface area contributed by atoms with Crippen molar-refractivity contribution in [2.45, 2.75) is 19.6 Å². The van der Waals surface area contributed by atoms with E-state index >= 15 is 0 Å². The molecule has 0 radical (unpaired) electrons. The average molecular weight is 240 g/mol. The molecular formula is C14H16N4. The molecule has 0 unspecified atom stereocenters. The van der Waals surface area contributed by atoms with Gasteiger partial charge in [0.2, 0.25) is 0 Å². The Morgan fingerprint density at radius 2 is 2.00 bits per heavy atom. The number of aromatic nitrogens is 3. The summed E-state index contributed by atoms with van der Waals surface area (Å²) in [6, 6.07) is 10.4. The maximum atomic E-state index is 5.75. The van der Waals surface area contributed by atoms with E-state index in [-0.39, 0.29) is 0 Å². The number of aryl methyl sites for hydroxylation is 2. The number of benzene rings is 1. The van der Waals surface area contributed by atoms with E-state index in [9.17, 15) is 0 Å². The van der Waals surface area contributed by atoms with Crippen molar-refractivity contribution in [3.63, 3.8) is 0 Å². The van der Waals surface area contributed by atoms with Gasteiger partial charge in [-0.2, -0.15) is 5.10 Å². The van der Waals surface area contributed by atoms with Gasteiger partial charge in [0.1, 0.15) is 0 Å². The van der Waals surface area contributed by atoms with Crippen LogP contribution in [0.5, 0.6) is 0 Å². The van der Waals surface area contributed by atoms with Crippen molar-refractivity contribution in [2.24, 2.45) is 5.73 Å². The van der Waals surface area contributed by atoms with Crippen LogP contribution in [0.2, 0.25) is 0 Å². The van der Waals surface area contributed by atoms with E-state index in [0.29, 0.717) is 6.54 Å². The van der Waals surface area contributed by atoms with Crippen LogP contribution in [0.25, 0.3) is 10.9 Å². The third-order valence-corrected chi connectivity index (χ3v) is 3.25. The predicted octanol–water partition coefficient (Wildman–Crippen LogP) is 2.00. The summed E-state index contributed by atoms with van der Waals surface area (Å²) < 4.78 is 4.19. The number of hydrogen-bond acceptors (Lipinski definition) is 2. The molecule has 3 aromatic rings. The molecule has 4 heteroatoms. The number of nitrogens with zero attached hydrogens (tertiary/aromatic N) is 3. The fourth-order valence-corrected chi connectivity index (χ4v) is 2.30. The second-order valence-electron chi connectivity index (χ2n) is 4.33. The SMILES string of the molecule is NCc1cccc2c1ccn2CCn1cccn1. The fourth-order valence-electron chi connectivity index (χ4n) is 2.30. The van der Waals surface area contributed by atoms with E-state index in [1.54, 1.807) is 6.20 Å². The molecule has 0 aliphatic rings. The summed E-state index contributed by atoms with van der Waals surface area (Å²) in [5.74, 6) is 0. The standard InChI is InChI=1S/C14H16N4/c15-11-12-3-1-4-14-13(12)5-8-17(14)9-10-18-7-2-6-16-18/h1-8H,9-11,15H2. The third-order valence-electron chi connectivity index (χ3n) is 3.25. The normalized spacial score (nSPS) is 11.2. The third kappa shape index (κ3) is 1.91. The lowest BCUT2D eigenvalue weighted by Crippen LogP contribution is -2.06. The van der Waals surface area contributed by atoms with Gasteiger partial charge in [0.05, 0.1) is 6.54 Å².